The third-order valence-electron chi connectivity index (χ3n) is 4.74. The van der Waals surface area contributed by atoms with Gasteiger partial charge in [0.1, 0.15) is 23.1 Å². The second-order valence-corrected chi connectivity index (χ2v) is 7.41. The number of amides is 1. The molecule has 30 heavy (non-hydrogen) atoms. The van der Waals surface area contributed by atoms with Crippen LogP contribution in [0.5, 0.6) is 11.6 Å². The SMILES string of the molecule is COc1ccc(O)c(C2C(=O)N(Cc3ccc(C(F)(F)F)o3)c3cccc(Br)c32)n1. The minimum absolute atomic E-state index is 0.0231. The molecule has 1 aliphatic heterocycles. The summed E-state index contributed by atoms with van der Waals surface area (Å²) in [6.45, 7) is -0.209. The summed E-state index contributed by atoms with van der Waals surface area (Å²) in [5, 5.41) is 10.3. The van der Waals surface area contributed by atoms with Crippen LogP contribution >= 0.6 is 15.9 Å². The predicted molar refractivity (Wildman–Crippen MR) is 103 cm³/mol. The van der Waals surface area contributed by atoms with Gasteiger partial charge in [-0.3, -0.25) is 4.79 Å². The fourth-order valence-electron chi connectivity index (χ4n) is 3.41. The molecule has 10 heteroatoms. The van der Waals surface area contributed by atoms with Crippen LogP contribution in [0.25, 0.3) is 0 Å². The zero-order chi connectivity index (χ0) is 21.6. The summed E-state index contributed by atoms with van der Waals surface area (Å²) in [5.74, 6) is -2.58. The van der Waals surface area contributed by atoms with E-state index in [1.165, 1.54) is 30.2 Å². The number of furan rings is 1. The summed E-state index contributed by atoms with van der Waals surface area (Å²) < 4.78 is 49.1. The molecule has 0 aliphatic carbocycles. The number of anilines is 1. The molecule has 0 spiro atoms. The zero-order valence-corrected chi connectivity index (χ0v) is 17.0. The van der Waals surface area contributed by atoms with Crippen LogP contribution in [0.15, 0.2) is 51.4 Å². The molecule has 1 aromatic carbocycles. The van der Waals surface area contributed by atoms with E-state index in [9.17, 15) is 23.1 Å². The first-order chi connectivity index (χ1) is 14.2. The van der Waals surface area contributed by atoms with E-state index in [0.717, 1.165) is 6.07 Å². The molecular formula is C20H14BrF3N2O4. The molecule has 3 heterocycles. The van der Waals surface area contributed by atoms with Gasteiger partial charge in [-0.15, -0.1) is 0 Å². The van der Waals surface area contributed by atoms with Crippen molar-refractivity contribution in [1.82, 2.24) is 4.98 Å². The van der Waals surface area contributed by atoms with Crippen LogP contribution in [0.4, 0.5) is 18.9 Å². The fraction of sp³-hybridized carbons (Fsp3) is 0.200. The van der Waals surface area contributed by atoms with Gasteiger partial charge in [0.05, 0.1) is 13.7 Å². The van der Waals surface area contributed by atoms with Crippen LogP contribution < -0.4 is 9.64 Å². The van der Waals surface area contributed by atoms with E-state index in [-0.39, 0.29) is 29.6 Å². The number of rotatable bonds is 4. The van der Waals surface area contributed by atoms with E-state index in [2.05, 4.69) is 20.9 Å². The number of halogens is 4. The van der Waals surface area contributed by atoms with E-state index in [1.807, 2.05) is 0 Å². The summed E-state index contributed by atoms with van der Waals surface area (Å²) in [6, 6.07) is 9.94. The second-order valence-electron chi connectivity index (χ2n) is 6.55. The average molecular weight is 483 g/mol. The molecule has 0 bridgehead atoms. The van der Waals surface area contributed by atoms with Gasteiger partial charge in [-0.05, 0) is 30.3 Å². The molecule has 2 aromatic heterocycles. The summed E-state index contributed by atoms with van der Waals surface area (Å²) in [7, 11) is 1.41. The molecule has 4 rings (SSSR count). The number of carbonyl (C=O) groups is 1. The summed E-state index contributed by atoms with van der Waals surface area (Å²) >= 11 is 3.42. The third kappa shape index (κ3) is 3.41. The van der Waals surface area contributed by atoms with E-state index >= 15 is 0 Å². The van der Waals surface area contributed by atoms with E-state index in [0.29, 0.717) is 15.7 Å². The molecule has 156 valence electrons. The molecule has 0 radical (unpaired) electrons. The number of benzene rings is 1. The molecule has 1 unspecified atom stereocenters. The van der Waals surface area contributed by atoms with E-state index < -0.39 is 23.8 Å². The third-order valence-corrected chi connectivity index (χ3v) is 5.43. The number of alkyl halides is 3. The molecule has 0 saturated heterocycles. The number of hydrogen-bond acceptors (Lipinski definition) is 5. The van der Waals surface area contributed by atoms with Crippen LogP contribution in [0.2, 0.25) is 0 Å². The Morgan fingerprint density at radius 2 is 2.00 bits per heavy atom. The lowest BCUT2D eigenvalue weighted by Gasteiger charge is -2.17. The van der Waals surface area contributed by atoms with Crippen LogP contribution in [-0.4, -0.2) is 23.1 Å². The van der Waals surface area contributed by atoms with Crippen molar-refractivity contribution in [2.24, 2.45) is 0 Å². The van der Waals surface area contributed by atoms with Crippen LogP contribution in [0, 0.1) is 0 Å². The highest BCUT2D eigenvalue weighted by Crippen LogP contribution is 2.47. The Bertz CT molecular complexity index is 1130. The molecule has 0 saturated carbocycles. The monoisotopic (exact) mass is 482 g/mol. The van der Waals surface area contributed by atoms with Crippen molar-refractivity contribution in [3.05, 3.63) is 69.7 Å². The number of carbonyl (C=O) groups excluding carboxylic acids is 1. The van der Waals surface area contributed by atoms with Gasteiger partial charge >= 0.3 is 6.18 Å². The van der Waals surface area contributed by atoms with Crippen molar-refractivity contribution in [3.63, 3.8) is 0 Å². The number of fused-ring (bicyclic) bond motifs is 1. The maximum Gasteiger partial charge on any atom is 0.449 e. The highest BCUT2D eigenvalue weighted by atomic mass is 79.9. The van der Waals surface area contributed by atoms with E-state index in [1.54, 1.807) is 18.2 Å². The lowest BCUT2D eigenvalue weighted by atomic mass is 9.96. The lowest BCUT2D eigenvalue weighted by molar-refractivity contribution is -0.153. The Hall–Kier alpha value is -3.01. The van der Waals surface area contributed by atoms with Gasteiger partial charge in [0.25, 0.3) is 0 Å². The van der Waals surface area contributed by atoms with Gasteiger partial charge in [-0.25, -0.2) is 4.98 Å². The number of ether oxygens (including phenoxy) is 1. The maximum atomic E-state index is 13.3. The van der Waals surface area contributed by atoms with E-state index in [4.69, 9.17) is 9.15 Å². The first-order valence-corrected chi connectivity index (χ1v) is 9.49. The van der Waals surface area contributed by atoms with Gasteiger partial charge in [-0.1, -0.05) is 22.0 Å². The molecule has 3 aromatic rings. The first kappa shape index (κ1) is 20.3. The Labute approximate surface area is 177 Å². The number of aromatic nitrogens is 1. The maximum absolute atomic E-state index is 13.3. The second kappa shape index (κ2) is 7.35. The van der Waals surface area contributed by atoms with Crippen LogP contribution in [-0.2, 0) is 17.5 Å². The number of nitrogens with zero attached hydrogens (tertiary/aromatic N) is 2. The Balaban J connectivity index is 1.77. The molecule has 0 fully saturated rings. The quantitative estimate of drug-likeness (QED) is 0.575. The van der Waals surface area contributed by atoms with Crippen molar-refractivity contribution in [2.45, 2.75) is 18.6 Å². The zero-order valence-electron chi connectivity index (χ0n) is 15.4. The highest BCUT2D eigenvalue weighted by molar-refractivity contribution is 9.10. The normalized spacial score (nSPS) is 16.1. The van der Waals surface area contributed by atoms with Crippen LogP contribution in [0.1, 0.15) is 28.7 Å². The van der Waals surface area contributed by atoms with Gasteiger partial charge in [-0.2, -0.15) is 13.2 Å². The summed E-state index contributed by atoms with van der Waals surface area (Å²) in [6.07, 6.45) is -4.62. The van der Waals surface area contributed by atoms with Gasteiger partial charge in [0, 0.05) is 21.8 Å². The molecule has 1 aliphatic rings. The van der Waals surface area contributed by atoms with Crippen molar-refractivity contribution >= 4 is 27.5 Å². The van der Waals surface area contributed by atoms with Crippen molar-refractivity contribution in [3.8, 4) is 11.6 Å². The number of hydrogen-bond donors (Lipinski definition) is 1. The lowest BCUT2D eigenvalue weighted by Crippen LogP contribution is -2.28. The molecule has 1 atom stereocenters. The van der Waals surface area contributed by atoms with Crippen molar-refractivity contribution < 1.29 is 32.2 Å². The minimum Gasteiger partial charge on any atom is -0.506 e. The largest absolute Gasteiger partial charge is 0.506 e. The molecular weight excluding hydrogens is 469 g/mol. The molecule has 1 N–H and O–H groups in total. The summed E-state index contributed by atoms with van der Waals surface area (Å²) in [5.41, 5.74) is 1.11. The fourth-order valence-corrected chi connectivity index (χ4v) is 3.99. The minimum atomic E-state index is -4.62. The predicted octanol–water partition coefficient (Wildman–Crippen LogP) is 4.85. The Morgan fingerprint density at radius 3 is 2.67 bits per heavy atom. The standard InChI is InChI=1S/C20H14BrF3N2O4/c1-29-15-8-6-13(27)18(25-15)17-16-11(21)3-2-4-12(16)26(19(17)28)9-10-5-7-14(30-10)20(22,23)24/h2-8,17,27H,9H2,1H3. The smallest absolute Gasteiger partial charge is 0.449 e. The Kier molecular flexibility index (Phi) is 4.97. The van der Waals surface area contributed by atoms with Gasteiger partial charge in [0.2, 0.25) is 17.5 Å². The van der Waals surface area contributed by atoms with Crippen molar-refractivity contribution in [1.29, 1.82) is 0 Å². The topological polar surface area (TPSA) is 75.8 Å². The van der Waals surface area contributed by atoms with Crippen molar-refractivity contribution in [2.75, 3.05) is 12.0 Å². The molecule has 6 nitrogen and oxygen atoms in total. The van der Waals surface area contributed by atoms with Crippen LogP contribution in [0.3, 0.4) is 0 Å². The number of aromatic hydroxyl groups is 1. The number of pyridine rings is 1. The average Bonchev–Trinajstić information content (AvgIpc) is 3.27. The Morgan fingerprint density at radius 1 is 1.23 bits per heavy atom. The van der Waals surface area contributed by atoms with Gasteiger partial charge in [0.15, 0.2) is 0 Å². The summed E-state index contributed by atoms with van der Waals surface area (Å²) in [4.78, 5) is 18.9. The highest BCUT2D eigenvalue weighted by Gasteiger charge is 2.43. The van der Waals surface area contributed by atoms with Gasteiger partial charge < -0.3 is 19.2 Å². The first-order valence-electron chi connectivity index (χ1n) is 8.70. The number of methoxy groups -OCH3 is 1. The molecule has 1 amide bonds.